The summed E-state index contributed by atoms with van der Waals surface area (Å²) in [7, 11) is 0. The van der Waals surface area contributed by atoms with Gasteiger partial charge in [0.2, 0.25) is 11.8 Å². The van der Waals surface area contributed by atoms with Crippen molar-refractivity contribution in [1.82, 2.24) is 5.32 Å². The molecule has 0 unspecified atom stereocenters. The maximum absolute atomic E-state index is 11.3. The number of hydrogen-bond donors (Lipinski definition) is 2. The van der Waals surface area contributed by atoms with Gasteiger partial charge >= 0.3 is 0 Å². The Kier molecular flexibility index (Phi) is 4.97. The molecule has 17 heavy (non-hydrogen) atoms. The van der Waals surface area contributed by atoms with Crippen molar-refractivity contribution in [2.75, 3.05) is 6.54 Å². The molecule has 3 N–H and O–H groups in total. The van der Waals surface area contributed by atoms with Crippen molar-refractivity contribution in [3.63, 3.8) is 0 Å². The Balaban J connectivity index is 2.42. The van der Waals surface area contributed by atoms with E-state index in [0.29, 0.717) is 17.9 Å². The second-order valence-corrected chi connectivity index (χ2v) is 4.23. The van der Waals surface area contributed by atoms with E-state index >= 15 is 0 Å². The van der Waals surface area contributed by atoms with Crippen molar-refractivity contribution >= 4 is 23.4 Å². The lowest BCUT2D eigenvalue weighted by Crippen LogP contribution is -2.33. The van der Waals surface area contributed by atoms with Gasteiger partial charge in [0.05, 0.1) is 6.54 Å². The molecule has 0 radical (unpaired) electrons. The lowest BCUT2D eigenvalue weighted by Gasteiger charge is -2.04. The minimum absolute atomic E-state index is 0.118. The van der Waals surface area contributed by atoms with Crippen LogP contribution in [0.3, 0.4) is 0 Å². The van der Waals surface area contributed by atoms with Crippen molar-refractivity contribution in [2.24, 2.45) is 5.73 Å². The highest BCUT2D eigenvalue weighted by Gasteiger charge is 2.04. The summed E-state index contributed by atoms with van der Waals surface area (Å²) < 4.78 is 0. The van der Waals surface area contributed by atoms with Crippen LogP contribution >= 0.6 is 11.6 Å². The third-order valence-electron chi connectivity index (χ3n) is 2.34. The van der Waals surface area contributed by atoms with Gasteiger partial charge in [-0.15, -0.1) is 0 Å². The molecule has 4 nitrogen and oxygen atoms in total. The molecule has 5 heteroatoms. The van der Waals surface area contributed by atoms with Gasteiger partial charge in [0.15, 0.2) is 0 Å². The molecular formula is C12H15ClN2O2. The molecule has 0 bridgehead atoms. The number of amides is 2. The number of nitrogens with two attached hydrogens (primary N) is 1. The summed E-state index contributed by atoms with van der Waals surface area (Å²) in [4.78, 5) is 21.8. The molecule has 92 valence electrons. The van der Waals surface area contributed by atoms with Crippen LogP contribution in [0, 0.1) is 6.92 Å². The smallest absolute Gasteiger partial charge is 0.236 e. The molecule has 0 spiro atoms. The summed E-state index contributed by atoms with van der Waals surface area (Å²) in [6, 6.07) is 5.69. The first-order valence-electron chi connectivity index (χ1n) is 5.29. The third kappa shape index (κ3) is 4.87. The molecule has 0 aromatic heterocycles. The van der Waals surface area contributed by atoms with Crippen LogP contribution in [0.5, 0.6) is 0 Å². The van der Waals surface area contributed by atoms with Gasteiger partial charge < -0.3 is 11.1 Å². The van der Waals surface area contributed by atoms with Gasteiger partial charge in [-0.3, -0.25) is 9.59 Å². The lowest BCUT2D eigenvalue weighted by atomic mass is 10.1. The van der Waals surface area contributed by atoms with Crippen molar-refractivity contribution < 1.29 is 9.59 Å². The zero-order valence-electron chi connectivity index (χ0n) is 9.63. The number of rotatable bonds is 5. The van der Waals surface area contributed by atoms with E-state index in [1.54, 1.807) is 0 Å². The van der Waals surface area contributed by atoms with Crippen LogP contribution in [0.25, 0.3) is 0 Å². The molecule has 0 saturated heterocycles. The number of benzene rings is 1. The van der Waals surface area contributed by atoms with Gasteiger partial charge in [-0.05, 0) is 30.5 Å². The molecule has 0 fully saturated rings. The van der Waals surface area contributed by atoms with E-state index in [1.165, 1.54) is 0 Å². The van der Waals surface area contributed by atoms with Crippen LogP contribution in [-0.4, -0.2) is 18.4 Å². The van der Waals surface area contributed by atoms with Crippen molar-refractivity contribution in [1.29, 1.82) is 0 Å². The molecule has 1 rings (SSSR count). The monoisotopic (exact) mass is 254 g/mol. The third-order valence-corrected chi connectivity index (χ3v) is 2.74. The van der Waals surface area contributed by atoms with Gasteiger partial charge in [-0.25, -0.2) is 0 Å². The molecule has 0 heterocycles. The number of carbonyl (C=O) groups excluding carboxylic acids is 2. The molecular weight excluding hydrogens is 240 g/mol. The Bertz CT molecular complexity index is 433. The average molecular weight is 255 g/mol. The van der Waals surface area contributed by atoms with Crippen LogP contribution in [-0.2, 0) is 16.0 Å². The number of nitrogens with one attached hydrogen (secondary N) is 1. The zero-order chi connectivity index (χ0) is 12.8. The highest BCUT2D eigenvalue weighted by atomic mass is 35.5. The van der Waals surface area contributed by atoms with Crippen LogP contribution in [0.15, 0.2) is 18.2 Å². The minimum Gasteiger partial charge on any atom is -0.368 e. The predicted molar refractivity (Wildman–Crippen MR) is 66.7 cm³/mol. The van der Waals surface area contributed by atoms with Gasteiger partial charge in [0.25, 0.3) is 0 Å². The first-order valence-corrected chi connectivity index (χ1v) is 5.67. The van der Waals surface area contributed by atoms with E-state index in [0.717, 1.165) is 11.1 Å². The van der Waals surface area contributed by atoms with Crippen LogP contribution < -0.4 is 11.1 Å². The highest BCUT2D eigenvalue weighted by molar-refractivity contribution is 6.31. The quantitative estimate of drug-likeness (QED) is 0.828. The maximum atomic E-state index is 11.3. The van der Waals surface area contributed by atoms with E-state index in [-0.39, 0.29) is 12.5 Å². The molecule has 1 aromatic carbocycles. The van der Waals surface area contributed by atoms with Crippen LogP contribution in [0.1, 0.15) is 17.5 Å². The van der Waals surface area contributed by atoms with Crippen molar-refractivity contribution in [3.8, 4) is 0 Å². The summed E-state index contributed by atoms with van der Waals surface area (Å²) in [5.74, 6) is -0.739. The Morgan fingerprint density at radius 2 is 2.12 bits per heavy atom. The highest BCUT2D eigenvalue weighted by Crippen LogP contribution is 2.17. The minimum atomic E-state index is -0.545. The molecule has 0 aliphatic heterocycles. The Hall–Kier alpha value is -1.55. The summed E-state index contributed by atoms with van der Waals surface area (Å²) in [6.07, 6.45) is 0.900. The average Bonchev–Trinajstić information content (AvgIpc) is 2.28. The Morgan fingerprint density at radius 1 is 1.41 bits per heavy atom. The normalized spacial score (nSPS) is 10.0. The van der Waals surface area contributed by atoms with E-state index in [9.17, 15) is 9.59 Å². The van der Waals surface area contributed by atoms with Gasteiger partial charge in [-0.2, -0.15) is 0 Å². The molecule has 0 atom stereocenters. The van der Waals surface area contributed by atoms with E-state index in [2.05, 4.69) is 5.32 Å². The predicted octanol–water partition coefficient (Wildman–Crippen LogP) is 1.18. The molecule has 1 aromatic rings. The number of halogens is 1. The largest absolute Gasteiger partial charge is 0.368 e. The van der Waals surface area contributed by atoms with Gasteiger partial charge in [-0.1, -0.05) is 23.7 Å². The summed E-state index contributed by atoms with van der Waals surface area (Å²) >= 11 is 5.97. The maximum Gasteiger partial charge on any atom is 0.236 e. The topological polar surface area (TPSA) is 72.2 Å². The molecule has 0 aliphatic carbocycles. The fraction of sp³-hybridized carbons (Fsp3) is 0.333. The van der Waals surface area contributed by atoms with E-state index < -0.39 is 5.91 Å². The molecule has 2 amide bonds. The zero-order valence-corrected chi connectivity index (χ0v) is 10.4. The van der Waals surface area contributed by atoms with Crippen molar-refractivity contribution in [2.45, 2.75) is 19.8 Å². The summed E-state index contributed by atoms with van der Waals surface area (Å²) in [5, 5.41) is 3.13. The number of primary amides is 1. The number of hydrogen-bond acceptors (Lipinski definition) is 2. The van der Waals surface area contributed by atoms with Gasteiger partial charge in [0.1, 0.15) is 0 Å². The van der Waals surface area contributed by atoms with E-state index in [4.69, 9.17) is 17.3 Å². The van der Waals surface area contributed by atoms with E-state index in [1.807, 2.05) is 25.1 Å². The first kappa shape index (κ1) is 13.5. The molecule has 0 aliphatic rings. The Labute approximate surface area is 105 Å². The number of aryl methyl sites for hydroxylation is 2. The summed E-state index contributed by atoms with van der Waals surface area (Å²) in [6.45, 7) is 1.80. The second kappa shape index (κ2) is 6.25. The molecule has 0 saturated carbocycles. The first-order chi connectivity index (χ1) is 7.99. The SMILES string of the molecule is Cc1ccc(CCC(=O)NCC(N)=O)cc1Cl. The van der Waals surface area contributed by atoms with Crippen LogP contribution in [0.4, 0.5) is 0 Å². The van der Waals surface area contributed by atoms with Crippen molar-refractivity contribution in [3.05, 3.63) is 34.3 Å². The number of carbonyl (C=O) groups is 2. The van der Waals surface area contributed by atoms with Crippen LogP contribution in [0.2, 0.25) is 5.02 Å². The fourth-order valence-corrected chi connectivity index (χ4v) is 1.53. The Morgan fingerprint density at radius 3 is 2.71 bits per heavy atom. The lowest BCUT2D eigenvalue weighted by molar-refractivity contribution is -0.124. The fourth-order valence-electron chi connectivity index (χ4n) is 1.32. The summed E-state index contributed by atoms with van der Waals surface area (Å²) in [5.41, 5.74) is 6.92. The van der Waals surface area contributed by atoms with Gasteiger partial charge in [0, 0.05) is 11.4 Å². The standard InChI is InChI=1S/C12H15ClN2O2/c1-8-2-3-9(6-10(8)13)4-5-12(17)15-7-11(14)16/h2-3,6H,4-5,7H2,1H3,(H2,14,16)(H,15,17). The second-order valence-electron chi connectivity index (χ2n) is 3.83.